The molecule has 0 aromatic heterocycles. The van der Waals surface area contributed by atoms with Crippen LogP contribution < -0.4 is 5.32 Å². The van der Waals surface area contributed by atoms with E-state index >= 15 is 0 Å². The summed E-state index contributed by atoms with van der Waals surface area (Å²) in [6.45, 7) is 8.38. The lowest BCUT2D eigenvalue weighted by Crippen LogP contribution is -2.33. The molecule has 3 nitrogen and oxygen atoms in total. The quantitative estimate of drug-likeness (QED) is 0.717. The zero-order valence-electron chi connectivity index (χ0n) is 13.8. The summed E-state index contributed by atoms with van der Waals surface area (Å²) in [5.74, 6) is 0. The van der Waals surface area contributed by atoms with Gasteiger partial charge in [0.25, 0.3) is 0 Å². The molecule has 1 aromatic carbocycles. The van der Waals surface area contributed by atoms with Crippen LogP contribution in [0.1, 0.15) is 37.8 Å². The van der Waals surface area contributed by atoms with E-state index in [0.29, 0.717) is 6.04 Å². The first-order valence-electron chi connectivity index (χ1n) is 8.23. The molecule has 2 rings (SSSR count). The topological polar surface area (TPSA) is 24.5 Å². The lowest BCUT2D eigenvalue weighted by molar-refractivity contribution is 0.125. The minimum atomic E-state index is 0.544. The number of nitrogens with zero attached hydrogens (tertiary/aromatic N) is 1. The minimum absolute atomic E-state index is 0.544. The number of hydrogen-bond acceptors (Lipinski definition) is 3. The highest BCUT2D eigenvalue weighted by atomic mass is 16.5. The number of ether oxygens (including phenoxy) is 1. The van der Waals surface area contributed by atoms with E-state index in [1.54, 1.807) is 7.11 Å². The predicted octanol–water partition coefficient (Wildman–Crippen LogP) is 2.84. The Morgan fingerprint density at radius 3 is 2.43 bits per heavy atom. The second-order valence-corrected chi connectivity index (χ2v) is 6.35. The van der Waals surface area contributed by atoms with E-state index in [4.69, 9.17) is 4.74 Å². The molecule has 1 saturated carbocycles. The molecule has 1 aliphatic rings. The van der Waals surface area contributed by atoms with Crippen LogP contribution in [0.2, 0.25) is 0 Å². The fourth-order valence-electron chi connectivity index (χ4n) is 2.48. The Hall–Kier alpha value is -0.900. The van der Waals surface area contributed by atoms with Crippen molar-refractivity contribution in [3.8, 4) is 0 Å². The molecule has 1 aromatic rings. The van der Waals surface area contributed by atoms with E-state index in [2.05, 4.69) is 48.3 Å². The van der Waals surface area contributed by atoms with Gasteiger partial charge in [-0.05, 0) is 50.8 Å². The van der Waals surface area contributed by atoms with E-state index in [9.17, 15) is 0 Å². The number of hydrogen-bond donors (Lipinski definition) is 1. The summed E-state index contributed by atoms with van der Waals surface area (Å²) in [6.07, 6.45) is 3.87. The van der Waals surface area contributed by atoms with Crippen molar-refractivity contribution in [1.29, 1.82) is 0 Å². The van der Waals surface area contributed by atoms with Gasteiger partial charge in [-0.1, -0.05) is 24.3 Å². The standard InChI is InChI=1S/C18H30N2O/c1-15(2)20(12-13-21-3)14-17-6-4-16(5-7-17)10-11-19-18-8-9-18/h4-7,15,18-19H,8-14H2,1-3H3. The molecule has 0 aliphatic heterocycles. The Balaban J connectivity index is 1.78. The molecule has 3 heteroatoms. The Labute approximate surface area is 129 Å². The van der Waals surface area contributed by atoms with Gasteiger partial charge in [0, 0.05) is 32.3 Å². The summed E-state index contributed by atoms with van der Waals surface area (Å²) < 4.78 is 5.20. The highest BCUT2D eigenvalue weighted by Crippen LogP contribution is 2.18. The fraction of sp³-hybridized carbons (Fsp3) is 0.667. The van der Waals surface area contributed by atoms with Gasteiger partial charge in [-0.2, -0.15) is 0 Å². The van der Waals surface area contributed by atoms with Gasteiger partial charge in [-0.15, -0.1) is 0 Å². The Morgan fingerprint density at radius 2 is 1.86 bits per heavy atom. The normalized spacial score (nSPS) is 15.1. The van der Waals surface area contributed by atoms with Gasteiger partial charge in [-0.25, -0.2) is 0 Å². The number of rotatable bonds is 10. The Morgan fingerprint density at radius 1 is 1.19 bits per heavy atom. The average molecular weight is 290 g/mol. The highest BCUT2D eigenvalue weighted by molar-refractivity contribution is 5.22. The summed E-state index contributed by atoms with van der Waals surface area (Å²) >= 11 is 0. The molecule has 1 fully saturated rings. The molecular weight excluding hydrogens is 260 g/mol. The molecule has 1 N–H and O–H groups in total. The van der Waals surface area contributed by atoms with E-state index in [-0.39, 0.29) is 0 Å². The van der Waals surface area contributed by atoms with Crippen LogP contribution in [0.3, 0.4) is 0 Å². The van der Waals surface area contributed by atoms with Gasteiger partial charge < -0.3 is 10.1 Å². The lowest BCUT2D eigenvalue weighted by Gasteiger charge is -2.26. The van der Waals surface area contributed by atoms with Gasteiger partial charge in [0.2, 0.25) is 0 Å². The molecule has 0 bridgehead atoms. The predicted molar refractivity (Wildman–Crippen MR) is 88.6 cm³/mol. The summed E-state index contributed by atoms with van der Waals surface area (Å²) in [4.78, 5) is 2.45. The third-order valence-corrected chi connectivity index (χ3v) is 4.15. The van der Waals surface area contributed by atoms with E-state index in [0.717, 1.165) is 38.7 Å². The highest BCUT2D eigenvalue weighted by Gasteiger charge is 2.19. The SMILES string of the molecule is COCCN(Cc1ccc(CCNC2CC2)cc1)C(C)C. The maximum Gasteiger partial charge on any atom is 0.0589 e. The zero-order chi connectivity index (χ0) is 15.1. The molecule has 0 heterocycles. The fourth-order valence-corrected chi connectivity index (χ4v) is 2.48. The number of methoxy groups -OCH3 is 1. The van der Waals surface area contributed by atoms with Crippen molar-refractivity contribution in [1.82, 2.24) is 10.2 Å². The third kappa shape index (κ3) is 6.16. The third-order valence-electron chi connectivity index (χ3n) is 4.15. The summed E-state index contributed by atoms with van der Waals surface area (Å²) in [5.41, 5.74) is 2.82. The zero-order valence-corrected chi connectivity index (χ0v) is 13.8. The van der Waals surface area contributed by atoms with Crippen LogP contribution in [0, 0.1) is 0 Å². The van der Waals surface area contributed by atoms with Crippen LogP contribution in [0.15, 0.2) is 24.3 Å². The van der Waals surface area contributed by atoms with E-state index < -0.39 is 0 Å². The number of benzene rings is 1. The summed E-state index contributed by atoms with van der Waals surface area (Å²) in [5, 5.41) is 3.57. The van der Waals surface area contributed by atoms with Gasteiger partial charge in [-0.3, -0.25) is 4.90 Å². The smallest absolute Gasteiger partial charge is 0.0589 e. The molecular formula is C18H30N2O. The van der Waals surface area contributed by atoms with E-state index in [1.807, 2.05) is 0 Å². The molecule has 0 radical (unpaired) electrons. The second kappa shape index (κ2) is 8.52. The van der Waals surface area contributed by atoms with E-state index in [1.165, 1.54) is 24.0 Å². The number of nitrogens with one attached hydrogen (secondary N) is 1. The molecule has 0 spiro atoms. The van der Waals surface area contributed by atoms with Crippen LogP contribution in [0.4, 0.5) is 0 Å². The second-order valence-electron chi connectivity index (χ2n) is 6.35. The first-order chi connectivity index (χ1) is 10.2. The van der Waals surface area contributed by atoms with Crippen molar-refractivity contribution in [3.05, 3.63) is 35.4 Å². The van der Waals surface area contributed by atoms with Gasteiger partial charge in [0.1, 0.15) is 0 Å². The summed E-state index contributed by atoms with van der Waals surface area (Å²) in [6, 6.07) is 10.5. The van der Waals surface area contributed by atoms with Crippen LogP contribution >= 0.6 is 0 Å². The van der Waals surface area contributed by atoms with Crippen molar-refractivity contribution in [2.75, 3.05) is 26.8 Å². The van der Waals surface area contributed by atoms with Crippen LogP contribution in [-0.2, 0) is 17.7 Å². The van der Waals surface area contributed by atoms with Crippen molar-refractivity contribution in [3.63, 3.8) is 0 Å². The molecule has 118 valence electrons. The van der Waals surface area contributed by atoms with Crippen LogP contribution in [0.25, 0.3) is 0 Å². The average Bonchev–Trinajstić information content (AvgIpc) is 3.29. The van der Waals surface area contributed by atoms with Gasteiger partial charge >= 0.3 is 0 Å². The van der Waals surface area contributed by atoms with Crippen LogP contribution in [0.5, 0.6) is 0 Å². The summed E-state index contributed by atoms with van der Waals surface area (Å²) in [7, 11) is 1.77. The molecule has 1 aliphatic carbocycles. The molecule has 21 heavy (non-hydrogen) atoms. The molecule has 0 amide bonds. The maximum atomic E-state index is 5.20. The largest absolute Gasteiger partial charge is 0.383 e. The maximum absolute atomic E-state index is 5.20. The Kier molecular flexibility index (Phi) is 6.68. The molecule has 0 saturated heterocycles. The minimum Gasteiger partial charge on any atom is -0.383 e. The van der Waals surface area contributed by atoms with Crippen molar-refractivity contribution in [2.45, 2.75) is 51.7 Å². The molecule has 0 atom stereocenters. The monoisotopic (exact) mass is 290 g/mol. The van der Waals surface area contributed by atoms with Gasteiger partial charge in [0.15, 0.2) is 0 Å². The lowest BCUT2D eigenvalue weighted by atomic mass is 10.1. The first-order valence-corrected chi connectivity index (χ1v) is 8.23. The first kappa shape index (κ1) is 16.5. The van der Waals surface area contributed by atoms with Crippen molar-refractivity contribution >= 4 is 0 Å². The van der Waals surface area contributed by atoms with Crippen molar-refractivity contribution in [2.24, 2.45) is 0 Å². The van der Waals surface area contributed by atoms with Gasteiger partial charge in [0.05, 0.1) is 6.61 Å². The molecule has 0 unspecified atom stereocenters. The van der Waals surface area contributed by atoms with Crippen LogP contribution in [-0.4, -0.2) is 43.8 Å². The Bertz CT molecular complexity index is 398. The van der Waals surface area contributed by atoms with Crippen molar-refractivity contribution < 1.29 is 4.74 Å².